The molecule has 0 aliphatic heterocycles. The molecule has 6 nitrogen and oxygen atoms in total. The van der Waals surface area contributed by atoms with Gasteiger partial charge in [-0.2, -0.15) is 5.10 Å². The topological polar surface area (TPSA) is 64.4 Å². The molecule has 0 fully saturated rings. The quantitative estimate of drug-likeness (QED) is 0.618. The largest absolute Gasteiger partial charge is 0.497 e. The molecule has 6 heteroatoms. The van der Waals surface area contributed by atoms with Crippen molar-refractivity contribution in [2.75, 3.05) is 21.2 Å². The molecule has 1 heterocycles. The first-order valence-electron chi connectivity index (χ1n) is 6.64. The monoisotopic (exact) mass is 299 g/mol. The Bertz CT molecular complexity index is 746. The van der Waals surface area contributed by atoms with Crippen LogP contribution in [0.5, 0.6) is 5.75 Å². The van der Waals surface area contributed by atoms with Gasteiger partial charge in [-0.3, -0.25) is 9.59 Å². The molecule has 0 aliphatic rings. The van der Waals surface area contributed by atoms with Crippen LogP contribution in [0, 0.1) is 0 Å². The molecular formula is C16H17N3O3. The van der Waals surface area contributed by atoms with Gasteiger partial charge in [-0.05, 0) is 24.3 Å². The van der Waals surface area contributed by atoms with Gasteiger partial charge in [0.05, 0.1) is 12.8 Å². The van der Waals surface area contributed by atoms with Gasteiger partial charge in [0.2, 0.25) is 11.2 Å². The van der Waals surface area contributed by atoms with Crippen molar-refractivity contribution >= 4 is 5.78 Å². The van der Waals surface area contributed by atoms with Crippen molar-refractivity contribution < 1.29 is 9.53 Å². The Labute approximate surface area is 128 Å². The Balaban J connectivity index is 2.37. The highest BCUT2D eigenvalue weighted by Crippen LogP contribution is 2.13. The van der Waals surface area contributed by atoms with Crippen LogP contribution in [-0.2, 0) is 0 Å². The van der Waals surface area contributed by atoms with Crippen molar-refractivity contribution in [1.29, 1.82) is 0 Å². The van der Waals surface area contributed by atoms with Gasteiger partial charge in [0.1, 0.15) is 5.75 Å². The maximum atomic E-state index is 12.0. The highest BCUT2D eigenvalue weighted by Gasteiger charge is 2.10. The Hall–Kier alpha value is -2.89. The lowest BCUT2D eigenvalue weighted by Crippen LogP contribution is -2.20. The highest BCUT2D eigenvalue weighted by molar-refractivity contribution is 6.02. The molecule has 0 aliphatic carbocycles. The Morgan fingerprint density at radius 2 is 1.91 bits per heavy atom. The second-order valence-corrected chi connectivity index (χ2v) is 4.81. The fraction of sp³-hybridized carbons (Fsp3) is 0.188. The third kappa shape index (κ3) is 3.60. The maximum Gasteiger partial charge on any atom is 0.211 e. The molecule has 0 atom stereocenters. The van der Waals surface area contributed by atoms with Crippen LogP contribution in [0.2, 0.25) is 0 Å². The van der Waals surface area contributed by atoms with Crippen molar-refractivity contribution in [2.45, 2.75) is 0 Å². The number of aromatic nitrogens is 2. The molecule has 2 aromatic rings. The lowest BCUT2D eigenvalue weighted by Gasteiger charge is -2.07. The third-order valence-corrected chi connectivity index (χ3v) is 2.90. The van der Waals surface area contributed by atoms with Crippen LogP contribution < -0.4 is 10.2 Å². The first-order valence-corrected chi connectivity index (χ1v) is 6.64. The van der Waals surface area contributed by atoms with Gasteiger partial charge in [-0.15, -0.1) is 0 Å². The minimum absolute atomic E-state index is 0.114. The minimum atomic E-state index is -0.429. The fourth-order valence-corrected chi connectivity index (χ4v) is 1.75. The number of benzene rings is 1. The zero-order valence-corrected chi connectivity index (χ0v) is 12.7. The highest BCUT2D eigenvalue weighted by atomic mass is 16.5. The van der Waals surface area contributed by atoms with E-state index in [1.807, 2.05) is 0 Å². The van der Waals surface area contributed by atoms with E-state index in [-0.39, 0.29) is 5.69 Å². The number of ether oxygens (including phenoxy) is 1. The maximum absolute atomic E-state index is 12.0. The van der Waals surface area contributed by atoms with Gasteiger partial charge in [0.25, 0.3) is 0 Å². The van der Waals surface area contributed by atoms with E-state index >= 15 is 0 Å². The number of hydrogen-bond acceptors (Lipinski definition) is 5. The summed E-state index contributed by atoms with van der Waals surface area (Å²) in [6, 6.07) is 8.47. The van der Waals surface area contributed by atoms with Gasteiger partial charge >= 0.3 is 0 Å². The van der Waals surface area contributed by atoms with Crippen LogP contribution in [0.15, 0.2) is 53.6 Å². The Kier molecular flexibility index (Phi) is 4.73. The summed E-state index contributed by atoms with van der Waals surface area (Å²) < 4.78 is 6.58. The zero-order valence-electron chi connectivity index (χ0n) is 12.7. The summed E-state index contributed by atoms with van der Waals surface area (Å²) in [6.07, 6.45) is 4.42. The van der Waals surface area contributed by atoms with Crippen molar-refractivity contribution in [3.05, 3.63) is 64.7 Å². The van der Waals surface area contributed by atoms with Gasteiger partial charge in [-0.25, -0.2) is 4.68 Å². The van der Waals surface area contributed by atoms with E-state index in [1.54, 1.807) is 56.6 Å². The normalized spacial score (nSPS) is 10.7. The van der Waals surface area contributed by atoms with E-state index in [0.717, 1.165) is 11.4 Å². The summed E-state index contributed by atoms with van der Waals surface area (Å²) in [5.74, 6) is 0.288. The van der Waals surface area contributed by atoms with Crippen molar-refractivity contribution in [2.24, 2.45) is 0 Å². The van der Waals surface area contributed by atoms with E-state index in [2.05, 4.69) is 5.10 Å². The number of allylic oxidation sites excluding steroid dienone is 1. The molecule has 0 saturated heterocycles. The summed E-state index contributed by atoms with van der Waals surface area (Å²) in [7, 11) is 5.16. The zero-order chi connectivity index (χ0) is 16.1. The standard InChI is InChI=1S/C16H17N3O3/c1-18(2)10-8-14(20)16-15(21)9-11-19(17-16)12-4-6-13(22-3)7-5-12/h4-11H,1-3H3. The van der Waals surface area contributed by atoms with Crippen LogP contribution in [0.4, 0.5) is 0 Å². The van der Waals surface area contributed by atoms with E-state index in [1.165, 1.54) is 23.0 Å². The Morgan fingerprint density at radius 3 is 2.50 bits per heavy atom. The second-order valence-electron chi connectivity index (χ2n) is 4.81. The number of methoxy groups -OCH3 is 1. The van der Waals surface area contributed by atoms with E-state index in [9.17, 15) is 9.59 Å². The van der Waals surface area contributed by atoms with Crippen molar-refractivity contribution in [3.8, 4) is 11.4 Å². The molecule has 0 spiro atoms. The number of carbonyl (C=O) groups is 1. The van der Waals surface area contributed by atoms with Crippen LogP contribution in [0.25, 0.3) is 5.69 Å². The van der Waals surface area contributed by atoms with Crippen LogP contribution in [-0.4, -0.2) is 41.7 Å². The summed E-state index contributed by atoms with van der Waals surface area (Å²) in [5.41, 5.74) is 0.209. The molecule has 114 valence electrons. The van der Waals surface area contributed by atoms with Gasteiger partial charge in [0, 0.05) is 38.6 Å². The number of nitrogens with zero attached hydrogens (tertiary/aromatic N) is 3. The van der Waals surface area contributed by atoms with Crippen LogP contribution in [0.3, 0.4) is 0 Å². The molecule has 0 amide bonds. The summed E-state index contributed by atoms with van der Waals surface area (Å²) in [5, 5.41) is 4.12. The lowest BCUT2D eigenvalue weighted by molar-refractivity contribution is 0.103. The van der Waals surface area contributed by atoms with Gasteiger partial charge in [-0.1, -0.05) is 0 Å². The molecule has 2 rings (SSSR count). The summed E-state index contributed by atoms with van der Waals surface area (Å²) in [6.45, 7) is 0. The predicted molar refractivity (Wildman–Crippen MR) is 83.5 cm³/mol. The average molecular weight is 299 g/mol. The number of ketones is 1. The molecule has 22 heavy (non-hydrogen) atoms. The molecule has 1 aromatic heterocycles. The number of hydrogen-bond donors (Lipinski definition) is 0. The molecule has 0 saturated carbocycles. The summed E-state index contributed by atoms with van der Waals surface area (Å²) >= 11 is 0. The SMILES string of the molecule is COc1ccc(-n2ccc(=O)c(C(=O)C=CN(C)C)n2)cc1. The number of carbonyl (C=O) groups excluding carboxylic acids is 1. The molecule has 0 bridgehead atoms. The molecule has 0 N–H and O–H groups in total. The minimum Gasteiger partial charge on any atom is -0.497 e. The average Bonchev–Trinajstić information content (AvgIpc) is 2.53. The lowest BCUT2D eigenvalue weighted by atomic mass is 10.2. The van der Waals surface area contributed by atoms with Crippen molar-refractivity contribution in [3.63, 3.8) is 0 Å². The number of rotatable bonds is 5. The Morgan fingerprint density at radius 1 is 1.23 bits per heavy atom. The molecule has 1 aromatic carbocycles. The first kappa shape index (κ1) is 15.5. The molecule has 0 radical (unpaired) electrons. The first-order chi connectivity index (χ1) is 10.5. The van der Waals surface area contributed by atoms with Crippen LogP contribution >= 0.6 is 0 Å². The van der Waals surface area contributed by atoms with Gasteiger partial charge < -0.3 is 9.64 Å². The molecular weight excluding hydrogens is 282 g/mol. The smallest absolute Gasteiger partial charge is 0.211 e. The molecule has 0 unspecified atom stereocenters. The van der Waals surface area contributed by atoms with Crippen LogP contribution in [0.1, 0.15) is 10.5 Å². The van der Waals surface area contributed by atoms with E-state index in [4.69, 9.17) is 4.74 Å². The fourth-order valence-electron chi connectivity index (χ4n) is 1.75. The van der Waals surface area contributed by atoms with E-state index < -0.39 is 11.2 Å². The summed E-state index contributed by atoms with van der Waals surface area (Å²) in [4.78, 5) is 25.6. The van der Waals surface area contributed by atoms with Gasteiger partial charge in [0.15, 0.2) is 5.69 Å². The second kappa shape index (κ2) is 6.71. The third-order valence-electron chi connectivity index (χ3n) is 2.90. The van der Waals surface area contributed by atoms with E-state index in [0.29, 0.717) is 0 Å². The van der Waals surface area contributed by atoms with Crippen molar-refractivity contribution in [1.82, 2.24) is 14.7 Å². The predicted octanol–water partition coefficient (Wildman–Crippen LogP) is 1.50.